The van der Waals surface area contributed by atoms with E-state index in [0.717, 1.165) is 13.1 Å². The van der Waals surface area contributed by atoms with Crippen molar-refractivity contribution in [2.75, 3.05) is 19.6 Å². The maximum absolute atomic E-state index is 12.3. The highest BCUT2D eigenvalue weighted by Crippen LogP contribution is 2.21. The number of hydrogen-bond acceptors (Lipinski definition) is 5. The third-order valence-electron chi connectivity index (χ3n) is 4.13. The third kappa shape index (κ3) is 4.62. The van der Waals surface area contributed by atoms with Crippen LogP contribution in [-0.4, -0.2) is 54.0 Å². The molecule has 1 N–H and O–H groups in total. The molecule has 23 heavy (non-hydrogen) atoms. The standard InChI is InChI=1S/C17H26N2O3S/c1-11-8-19(9-12(2)22-11)17(4,5)10-18-16(21)15-7-6-14(23-15)13(3)20/h6-7,11-12H,8-10H2,1-5H3,(H,18,21)/t11-,12-/m0/s1. The lowest BCUT2D eigenvalue weighted by Crippen LogP contribution is -2.58. The van der Waals surface area contributed by atoms with E-state index in [1.54, 1.807) is 12.1 Å². The lowest BCUT2D eigenvalue weighted by atomic mass is 10.00. The van der Waals surface area contributed by atoms with E-state index in [-0.39, 0.29) is 29.4 Å². The van der Waals surface area contributed by atoms with Gasteiger partial charge in [0, 0.05) is 25.2 Å². The maximum atomic E-state index is 12.3. The van der Waals surface area contributed by atoms with Crippen molar-refractivity contribution in [2.45, 2.75) is 52.4 Å². The Labute approximate surface area is 142 Å². The molecule has 128 valence electrons. The Hall–Kier alpha value is -1.24. The molecule has 1 aliphatic rings. The molecule has 0 unspecified atom stereocenters. The minimum atomic E-state index is -0.150. The highest BCUT2D eigenvalue weighted by Gasteiger charge is 2.33. The van der Waals surface area contributed by atoms with E-state index in [0.29, 0.717) is 16.3 Å². The van der Waals surface area contributed by atoms with Gasteiger partial charge >= 0.3 is 0 Å². The lowest BCUT2D eigenvalue weighted by Gasteiger charge is -2.45. The largest absolute Gasteiger partial charge is 0.373 e. The van der Waals surface area contributed by atoms with Gasteiger partial charge in [-0.1, -0.05) is 0 Å². The number of ether oxygens (including phenoxy) is 1. The molecule has 0 bridgehead atoms. The number of nitrogens with one attached hydrogen (secondary N) is 1. The van der Waals surface area contributed by atoms with Crippen molar-refractivity contribution in [3.63, 3.8) is 0 Å². The van der Waals surface area contributed by atoms with E-state index in [4.69, 9.17) is 4.74 Å². The zero-order chi connectivity index (χ0) is 17.2. The van der Waals surface area contributed by atoms with Crippen molar-refractivity contribution in [2.24, 2.45) is 0 Å². The Bertz CT molecular complexity index is 572. The monoisotopic (exact) mass is 338 g/mol. The van der Waals surface area contributed by atoms with E-state index >= 15 is 0 Å². The van der Waals surface area contributed by atoms with Crippen LogP contribution in [0.3, 0.4) is 0 Å². The van der Waals surface area contributed by atoms with Gasteiger partial charge in [0.15, 0.2) is 5.78 Å². The molecule has 1 aromatic heterocycles. The summed E-state index contributed by atoms with van der Waals surface area (Å²) in [6.07, 6.45) is 0.397. The number of nitrogens with zero attached hydrogens (tertiary/aromatic N) is 1. The van der Waals surface area contributed by atoms with Gasteiger partial charge in [-0.15, -0.1) is 11.3 Å². The van der Waals surface area contributed by atoms with E-state index < -0.39 is 0 Å². The smallest absolute Gasteiger partial charge is 0.261 e. The average Bonchev–Trinajstić information content (AvgIpc) is 2.94. The molecule has 1 aliphatic heterocycles. The van der Waals surface area contributed by atoms with Crippen LogP contribution in [0.2, 0.25) is 0 Å². The molecule has 1 aromatic rings. The van der Waals surface area contributed by atoms with Crippen molar-refractivity contribution in [3.05, 3.63) is 21.9 Å². The number of morpholine rings is 1. The fourth-order valence-electron chi connectivity index (χ4n) is 2.82. The normalized spacial score (nSPS) is 22.8. The Morgan fingerprint density at radius 1 is 1.26 bits per heavy atom. The number of thiophene rings is 1. The number of hydrogen-bond donors (Lipinski definition) is 1. The molecule has 0 aromatic carbocycles. The summed E-state index contributed by atoms with van der Waals surface area (Å²) < 4.78 is 5.77. The van der Waals surface area contributed by atoms with Crippen LogP contribution < -0.4 is 5.32 Å². The molecule has 1 fully saturated rings. The quantitative estimate of drug-likeness (QED) is 0.838. The Balaban J connectivity index is 1.95. The van der Waals surface area contributed by atoms with Gasteiger partial charge < -0.3 is 10.1 Å². The first-order valence-electron chi connectivity index (χ1n) is 7.98. The van der Waals surface area contributed by atoms with Crippen LogP contribution in [0.25, 0.3) is 0 Å². The summed E-state index contributed by atoms with van der Waals surface area (Å²) in [5, 5.41) is 3.00. The number of Topliss-reactive ketones (excluding diaryl/α,β-unsaturated/α-hetero) is 1. The summed E-state index contributed by atoms with van der Waals surface area (Å²) in [7, 11) is 0. The number of rotatable bonds is 5. The number of carbonyl (C=O) groups is 2. The van der Waals surface area contributed by atoms with Crippen LogP contribution in [-0.2, 0) is 4.74 Å². The topological polar surface area (TPSA) is 58.6 Å². The summed E-state index contributed by atoms with van der Waals surface area (Å²) in [5.74, 6) is -0.129. The fraction of sp³-hybridized carbons (Fsp3) is 0.647. The van der Waals surface area contributed by atoms with E-state index in [9.17, 15) is 9.59 Å². The zero-order valence-electron chi connectivity index (χ0n) is 14.5. The molecular formula is C17H26N2O3S. The van der Waals surface area contributed by atoms with Crippen molar-refractivity contribution >= 4 is 23.0 Å². The molecule has 2 rings (SSSR count). The second-order valence-corrected chi connectivity index (χ2v) is 7.96. The summed E-state index contributed by atoms with van der Waals surface area (Å²) in [6.45, 7) is 12.2. The molecule has 1 amide bonds. The summed E-state index contributed by atoms with van der Waals surface area (Å²) in [6, 6.07) is 3.42. The molecule has 2 heterocycles. The Morgan fingerprint density at radius 2 is 1.83 bits per heavy atom. The van der Waals surface area contributed by atoms with Crippen LogP contribution in [0.5, 0.6) is 0 Å². The molecule has 0 saturated carbocycles. The van der Waals surface area contributed by atoms with Gasteiger partial charge in [-0.2, -0.15) is 0 Å². The summed E-state index contributed by atoms with van der Waals surface area (Å²) >= 11 is 1.24. The van der Waals surface area contributed by atoms with E-state index in [1.807, 2.05) is 0 Å². The van der Waals surface area contributed by atoms with E-state index in [1.165, 1.54) is 18.3 Å². The first kappa shape index (κ1) is 18.1. The van der Waals surface area contributed by atoms with Crippen molar-refractivity contribution in [3.8, 4) is 0 Å². The minimum absolute atomic E-state index is 0.00864. The third-order valence-corrected chi connectivity index (χ3v) is 5.32. The van der Waals surface area contributed by atoms with Crippen LogP contribution in [0.1, 0.15) is 54.0 Å². The summed E-state index contributed by atoms with van der Waals surface area (Å²) in [5.41, 5.74) is -0.150. The molecule has 0 radical (unpaired) electrons. The lowest BCUT2D eigenvalue weighted by molar-refractivity contribution is -0.0948. The van der Waals surface area contributed by atoms with Crippen LogP contribution in [0.4, 0.5) is 0 Å². The number of carbonyl (C=O) groups excluding carboxylic acids is 2. The van der Waals surface area contributed by atoms with E-state index in [2.05, 4.69) is 37.9 Å². The van der Waals surface area contributed by atoms with Gasteiger partial charge in [0.25, 0.3) is 5.91 Å². The molecule has 6 heteroatoms. The maximum Gasteiger partial charge on any atom is 0.261 e. The van der Waals surface area contributed by atoms with Gasteiger partial charge in [0.05, 0.1) is 22.0 Å². The SMILES string of the molecule is CC(=O)c1ccc(C(=O)NCC(C)(C)N2C[C@H](C)O[C@@H](C)C2)s1. The molecular weight excluding hydrogens is 312 g/mol. The van der Waals surface area contributed by atoms with Gasteiger partial charge in [-0.25, -0.2) is 0 Å². The van der Waals surface area contributed by atoms with Crippen molar-refractivity contribution < 1.29 is 14.3 Å². The van der Waals surface area contributed by atoms with Gasteiger partial charge in [-0.3, -0.25) is 14.5 Å². The predicted molar refractivity (Wildman–Crippen MR) is 92.3 cm³/mol. The Morgan fingerprint density at radius 3 is 2.35 bits per heavy atom. The number of ketones is 1. The highest BCUT2D eigenvalue weighted by molar-refractivity contribution is 7.15. The first-order valence-corrected chi connectivity index (χ1v) is 8.80. The van der Waals surface area contributed by atoms with Crippen LogP contribution in [0, 0.1) is 0 Å². The highest BCUT2D eigenvalue weighted by atomic mass is 32.1. The first-order chi connectivity index (χ1) is 10.7. The molecule has 0 spiro atoms. The average molecular weight is 338 g/mol. The summed E-state index contributed by atoms with van der Waals surface area (Å²) in [4.78, 5) is 27.2. The van der Waals surface area contributed by atoms with Crippen LogP contribution in [0.15, 0.2) is 12.1 Å². The van der Waals surface area contributed by atoms with Crippen molar-refractivity contribution in [1.82, 2.24) is 10.2 Å². The van der Waals surface area contributed by atoms with Gasteiger partial charge in [0.1, 0.15) is 0 Å². The second kappa shape index (κ2) is 7.11. The van der Waals surface area contributed by atoms with Gasteiger partial charge in [-0.05, 0) is 46.8 Å². The van der Waals surface area contributed by atoms with Crippen LogP contribution >= 0.6 is 11.3 Å². The zero-order valence-corrected chi connectivity index (χ0v) is 15.3. The molecule has 0 aliphatic carbocycles. The Kier molecular flexibility index (Phi) is 5.60. The number of amides is 1. The van der Waals surface area contributed by atoms with Gasteiger partial charge in [0.2, 0.25) is 0 Å². The minimum Gasteiger partial charge on any atom is -0.373 e. The predicted octanol–water partition coefficient (Wildman–Crippen LogP) is 2.57. The molecule has 1 saturated heterocycles. The van der Waals surface area contributed by atoms with Crippen molar-refractivity contribution in [1.29, 1.82) is 0 Å². The molecule has 5 nitrogen and oxygen atoms in total. The fourth-order valence-corrected chi connectivity index (χ4v) is 3.63. The molecule has 2 atom stereocenters. The second-order valence-electron chi connectivity index (χ2n) is 6.88.